The summed E-state index contributed by atoms with van der Waals surface area (Å²) in [6, 6.07) is 17.3. The van der Waals surface area contributed by atoms with E-state index in [1.54, 1.807) is 29.2 Å². The van der Waals surface area contributed by atoms with Gasteiger partial charge in [0, 0.05) is 54.5 Å². The first-order valence-corrected chi connectivity index (χ1v) is 12.0. The summed E-state index contributed by atoms with van der Waals surface area (Å²) in [4.78, 5) is 38.1. The minimum Gasteiger partial charge on any atom is -0.424 e. The third-order valence-electron chi connectivity index (χ3n) is 6.42. The number of aryl methyl sites for hydroxylation is 2. The fourth-order valence-electron chi connectivity index (χ4n) is 4.65. The van der Waals surface area contributed by atoms with Crippen molar-refractivity contribution in [2.24, 2.45) is 5.92 Å². The van der Waals surface area contributed by atoms with E-state index in [4.69, 9.17) is 4.74 Å². The maximum absolute atomic E-state index is 12.9. The highest BCUT2D eigenvalue weighted by Gasteiger charge is 2.35. The van der Waals surface area contributed by atoms with Crippen LogP contribution in [0.15, 0.2) is 54.6 Å². The maximum atomic E-state index is 12.9. The van der Waals surface area contributed by atoms with Crippen LogP contribution in [0.2, 0.25) is 0 Å². The molecule has 2 aromatic carbocycles. The van der Waals surface area contributed by atoms with Gasteiger partial charge in [0.2, 0.25) is 11.8 Å². The van der Waals surface area contributed by atoms with E-state index in [1.807, 2.05) is 32.0 Å². The van der Waals surface area contributed by atoms with Crippen LogP contribution < -0.4 is 19.9 Å². The van der Waals surface area contributed by atoms with Crippen LogP contribution in [0.4, 0.5) is 17.1 Å². The summed E-state index contributed by atoms with van der Waals surface area (Å²) in [6.45, 7) is 6.31. The number of hydrogen-bond acceptors (Lipinski definition) is 6. The molecule has 2 amide bonds. The molecule has 1 atom stereocenters. The molecule has 2 aliphatic rings. The van der Waals surface area contributed by atoms with Crippen molar-refractivity contribution >= 4 is 28.9 Å². The molecule has 0 saturated carbocycles. The van der Waals surface area contributed by atoms with Gasteiger partial charge in [-0.2, -0.15) is 0 Å². The lowest BCUT2D eigenvalue weighted by Crippen LogP contribution is -2.28. The molecule has 5 rings (SSSR count). The summed E-state index contributed by atoms with van der Waals surface area (Å²) in [7, 11) is 0. The highest BCUT2D eigenvalue weighted by Crippen LogP contribution is 2.29. The Labute approximate surface area is 204 Å². The van der Waals surface area contributed by atoms with Gasteiger partial charge in [-0.15, -0.1) is 0 Å². The average Bonchev–Trinajstić information content (AvgIpc) is 3.50. The quantitative estimate of drug-likeness (QED) is 0.571. The van der Waals surface area contributed by atoms with E-state index in [1.165, 1.54) is 18.5 Å². The number of benzene rings is 2. The zero-order chi connectivity index (χ0) is 24.4. The Hall–Kier alpha value is -3.94. The van der Waals surface area contributed by atoms with Crippen molar-refractivity contribution in [1.29, 1.82) is 0 Å². The molecule has 3 aromatic rings. The van der Waals surface area contributed by atoms with Crippen molar-refractivity contribution in [2.45, 2.75) is 33.1 Å². The van der Waals surface area contributed by atoms with Gasteiger partial charge in [0.15, 0.2) is 0 Å². The maximum Gasteiger partial charge on any atom is 0.322 e. The first-order chi connectivity index (χ1) is 16.9. The van der Waals surface area contributed by atoms with E-state index in [0.29, 0.717) is 18.0 Å². The number of amides is 2. The van der Waals surface area contributed by atoms with Gasteiger partial charge >= 0.3 is 6.01 Å². The van der Waals surface area contributed by atoms with Gasteiger partial charge in [0.05, 0.1) is 5.92 Å². The molecule has 180 valence electrons. The predicted molar refractivity (Wildman–Crippen MR) is 135 cm³/mol. The summed E-state index contributed by atoms with van der Waals surface area (Å²) in [5.41, 5.74) is 4.33. The van der Waals surface area contributed by atoms with Crippen LogP contribution in [0.25, 0.3) is 0 Å². The van der Waals surface area contributed by atoms with Gasteiger partial charge in [-0.25, -0.2) is 9.97 Å². The Balaban J connectivity index is 1.18. The number of aromatic nitrogens is 2. The lowest BCUT2D eigenvalue weighted by Gasteiger charge is -2.20. The van der Waals surface area contributed by atoms with Gasteiger partial charge in [0.25, 0.3) is 0 Å². The fraction of sp³-hybridized carbons (Fsp3) is 0.333. The SMILES string of the molecule is Cc1cc(C)nc(Oc2ccc(NC(=O)C3CC(=O)N(c4ccc(N5CCCC5)cc4)C3)cc2)n1. The highest BCUT2D eigenvalue weighted by molar-refractivity contribution is 6.03. The largest absolute Gasteiger partial charge is 0.424 e. The van der Waals surface area contributed by atoms with Crippen LogP contribution in [-0.4, -0.2) is 41.4 Å². The van der Waals surface area contributed by atoms with E-state index in [0.717, 1.165) is 30.2 Å². The van der Waals surface area contributed by atoms with Crippen LogP contribution in [0.1, 0.15) is 30.7 Å². The molecule has 1 N–H and O–H groups in total. The molecular formula is C27H29N5O3. The fourth-order valence-corrected chi connectivity index (χ4v) is 4.65. The smallest absolute Gasteiger partial charge is 0.322 e. The Morgan fingerprint density at radius 3 is 2.23 bits per heavy atom. The van der Waals surface area contributed by atoms with E-state index in [9.17, 15) is 9.59 Å². The van der Waals surface area contributed by atoms with E-state index < -0.39 is 5.92 Å². The van der Waals surface area contributed by atoms with E-state index in [2.05, 4.69) is 32.3 Å². The van der Waals surface area contributed by atoms with Gasteiger partial charge in [-0.1, -0.05) is 0 Å². The molecule has 2 aliphatic heterocycles. The molecule has 2 fully saturated rings. The first-order valence-electron chi connectivity index (χ1n) is 12.0. The molecule has 0 spiro atoms. The molecule has 1 unspecified atom stereocenters. The van der Waals surface area contributed by atoms with E-state index in [-0.39, 0.29) is 24.2 Å². The van der Waals surface area contributed by atoms with Gasteiger partial charge in [-0.3, -0.25) is 9.59 Å². The number of hydrogen-bond donors (Lipinski definition) is 1. The molecule has 0 bridgehead atoms. The minimum atomic E-state index is -0.402. The van der Waals surface area contributed by atoms with Crippen LogP contribution in [0, 0.1) is 19.8 Å². The zero-order valence-corrected chi connectivity index (χ0v) is 20.0. The second kappa shape index (κ2) is 9.74. The minimum absolute atomic E-state index is 0.0312. The monoisotopic (exact) mass is 471 g/mol. The molecule has 8 heteroatoms. The molecule has 1 aromatic heterocycles. The van der Waals surface area contributed by atoms with E-state index >= 15 is 0 Å². The Kier molecular flexibility index (Phi) is 6.35. The average molecular weight is 472 g/mol. The molecule has 2 saturated heterocycles. The molecule has 3 heterocycles. The van der Waals surface area contributed by atoms with Crippen molar-refractivity contribution in [2.75, 3.05) is 34.8 Å². The summed E-state index contributed by atoms with van der Waals surface area (Å²) >= 11 is 0. The van der Waals surface area contributed by atoms with Crippen LogP contribution >= 0.6 is 0 Å². The molecule has 35 heavy (non-hydrogen) atoms. The van der Waals surface area contributed by atoms with Gasteiger partial charge in [0.1, 0.15) is 5.75 Å². The van der Waals surface area contributed by atoms with Crippen molar-refractivity contribution in [3.8, 4) is 11.8 Å². The third-order valence-corrected chi connectivity index (χ3v) is 6.42. The Bertz CT molecular complexity index is 1200. The second-order valence-electron chi connectivity index (χ2n) is 9.16. The highest BCUT2D eigenvalue weighted by atomic mass is 16.5. The van der Waals surface area contributed by atoms with Crippen molar-refractivity contribution < 1.29 is 14.3 Å². The van der Waals surface area contributed by atoms with Crippen LogP contribution in [-0.2, 0) is 9.59 Å². The lowest BCUT2D eigenvalue weighted by molar-refractivity contribution is -0.122. The van der Waals surface area contributed by atoms with Gasteiger partial charge in [-0.05, 0) is 81.3 Å². The standard InChI is InChI=1S/C27H29N5O3/c1-18-15-19(2)29-27(28-18)35-24-11-5-21(6-12-24)30-26(34)20-16-25(33)32(17-20)23-9-7-22(8-10-23)31-13-3-4-14-31/h5-12,15,20H,3-4,13-14,16-17H2,1-2H3,(H,30,34). The van der Waals surface area contributed by atoms with Crippen molar-refractivity contribution in [3.05, 3.63) is 66.0 Å². The first kappa shape index (κ1) is 22.8. The molecular weight excluding hydrogens is 442 g/mol. The summed E-state index contributed by atoms with van der Waals surface area (Å²) in [6.07, 6.45) is 2.64. The lowest BCUT2D eigenvalue weighted by atomic mass is 10.1. The number of anilines is 3. The third kappa shape index (κ3) is 5.26. The molecule has 0 aliphatic carbocycles. The molecule has 8 nitrogen and oxygen atoms in total. The predicted octanol–water partition coefficient (Wildman–Crippen LogP) is 4.48. The van der Waals surface area contributed by atoms with Crippen LogP contribution in [0.3, 0.4) is 0 Å². The number of ether oxygens (including phenoxy) is 1. The van der Waals surface area contributed by atoms with Crippen molar-refractivity contribution in [1.82, 2.24) is 9.97 Å². The zero-order valence-electron chi connectivity index (χ0n) is 20.0. The summed E-state index contributed by atoms with van der Waals surface area (Å²) in [5, 5.41) is 2.92. The second-order valence-corrected chi connectivity index (χ2v) is 9.16. The topological polar surface area (TPSA) is 87.7 Å². The summed E-state index contributed by atoms with van der Waals surface area (Å²) < 4.78 is 5.73. The molecule has 0 radical (unpaired) electrons. The Morgan fingerprint density at radius 2 is 1.57 bits per heavy atom. The normalized spacial score (nSPS) is 17.7. The summed E-state index contributed by atoms with van der Waals surface area (Å²) in [5.74, 6) is -0.0231. The number of nitrogens with one attached hydrogen (secondary N) is 1. The van der Waals surface area contributed by atoms with Crippen LogP contribution in [0.5, 0.6) is 11.8 Å². The number of rotatable bonds is 6. The van der Waals surface area contributed by atoms with Gasteiger partial charge < -0.3 is 19.9 Å². The number of nitrogens with zero attached hydrogens (tertiary/aromatic N) is 4. The van der Waals surface area contributed by atoms with Crippen molar-refractivity contribution in [3.63, 3.8) is 0 Å². The Morgan fingerprint density at radius 1 is 0.943 bits per heavy atom. The number of carbonyl (C=O) groups is 2. The number of carbonyl (C=O) groups excluding carboxylic acids is 2.